The van der Waals surface area contributed by atoms with E-state index >= 15 is 0 Å². The standard InChI is InChI=1S/C14H22N2/c1-9-6-13-11(7-12(9)15)10(2)8-14(3,4)16(13)5/h6-7,10H,8,15H2,1-5H3. The van der Waals surface area contributed by atoms with Crippen LogP contribution in [0.5, 0.6) is 0 Å². The number of hydrogen-bond donors (Lipinski definition) is 1. The van der Waals surface area contributed by atoms with Crippen LogP contribution in [0.3, 0.4) is 0 Å². The Hall–Kier alpha value is -1.18. The van der Waals surface area contributed by atoms with Gasteiger partial charge >= 0.3 is 0 Å². The van der Waals surface area contributed by atoms with Crippen molar-refractivity contribution in [2.24, 2.45) is 0 Å². The first-order chi connectivity index (χ1) is 7.33. The molecule has 0 fully saturated rings. The number of benzene rings is 1. The third-order valence-corrected chi connectivity index (χ3v) is 4.02. The van der Waals surface area contributed by atoms with E-state index < -0.39 is 0 Å². The Kier molecular flexibility index (Phi) is 2.41. The number of aryl methyl sites for hydroxylation is 1. The molecule has 0 amide bonds. The summed E-state index contributed by atoms with van der Waals surface area (Å²) in [6.07, 6.45) is 1.18. The van der Waals surface area contributed by atoms with E-state index in [1.165, 1.54) is 23.2 Å². The number of fused-ring (bicyclic) bond motifs is 1. The van der Waals surface area contributed by atoms with E-state index in [1.807, 2.05) is 0 Å². The molecule has 1 unspecified atom stereocenters. The largest absolute Gasteiger partial charge is 0.399 e. The number of rotatable bonds is 0. The van der Waals surface area contributed by atoms with E-state index in [0.717, 1.165) is 5.69 Å². The molecule has 1 atom stereocenters. The van der Waals surface area contributed by atoms with Gasteiger partial charge in [0.25, 0.3) is 0 Å². The summed E-state index contributed by atoms with van der Waals surface area (Å²) in [4.78, 5) is 2.38. The first-order valence-corrected chi connectivity index (χ1v) is 5.97. The molecule has 1 heterocycles. The van der Waals surface area contributed by atoms with E-state index in [1.54, 1.807) is 0 Å². The van der Waals surface area contributed by atoms with Gasteiger partial charge in [0, 0.05) is 24.0 Å². The predicted molar refractivity (Wildman–Crippen MR) is 71.1 cm³/mol. The molecule has 0 spiro atoms. The van der Waals surface area contributed by atoms with Crippen LogP contribution in [-0.2, 0) is 0 Å². The van der Waals surface area contributed by atoms with Gasteiger partial charge in [-0.15, -0.1) is 0 Å². The molecule has 0 saturated heterocycles. The normalized spacial score (nSPS) is 23.1. The molecule has 16 heavy (non-hydrogen) atoms. The second kappa shape index (κ2) is 3.41. The number of nitrogens with zero attached hydrogens (tertiary/aromatic N) is 1. The Morgan fingerprint density at radius 1 is 1.38 bits per heavy atom. The first-order valence-electron chi connectivity index (χ1n) is 5.97. The van der Waals surface area contributed by atoms with Gasteiger partial charge in [-0.25, -0.2) is 0 Å². The number of nitrogen functional groups attached to an aromatic ring is 1. The third-order valence-electron chi connectivity index (χ3n) is 4.02. The van der Waals surface area contributed by atoms with Gasteiger partial charge in [-0.2, -0.15) is 0 Å². The second-order valence-electron chi connectivity index (χ2n) is 5.74. The molecule has 0 bridgehead atoms. The first kappa shape index (κ1) is 11.3. The zero-order valence-electron chi connectivity index (χ0n) is 11.0. The summed E-state index contributed by atoms with van der Waals surface area (Å²) in [6, 6.07) is 4.38. The Labute approximate surface area is 98.4 Å². The zero-order chi connectivity index (χ0) is 12.1. The lowest BCUT2D eigenvalue weighted by Crippen LogP contribution is -2.45. The Morgan fingerprint density at radius 3 is 2.62 bits per heavy atom. The average Bonchev–Trinajstić information content (AvgIpc) is 2.17. The summed E-state index contributed by atoms with van der Waals surface area (Å²) in [7, 11) is 2.18. The molecule has 0 aromatic heterocycles. The number of anilines is 2. The molecular formula is C14H22N2. The molecule has 1 aromatic rings. The van der Waals surface area contributed by atoms with Gasteiger partial charge in [-0.1, -0.05) is 6.92 Å². The summed E-state index contributed by atoms with van der Waals surface area (Å²) < 4.78 is 0. The van der Waals surface area contributed by atoms with Crippen molar-refractivity contribution in [1.29, 1.82) is 0 Å². The summed E-state index contributed by atoms with van der Waals surface area (Å²) >= 11 is 0. The highest BCUT2D eigenvalue weighted by Crippen LogP contribution is 2.43. The lowest BCUT2D eigenvalue weighted by molar-refractivity contribution is 0.395. The molecule has 0 aliphatic carbocycles. The Bertz CT molecular complexity index is 421. The molecule has 2 heteroatoms. The Balaban J connectivity index is 2.60. The molecule has 1 aromatic carbocycles. The Morgan fingerprint density at radius 2 is 2.00 bits per heavy atom. The molecular weight excluding hydrogens is 196 g/mol. The topological polar surface area (TPSA) is 29.3 Å². The maximum atomic E-state index is 6.00. The molecule has 88 valence electrons. The highest BCUT2D eigenvalue weighted by Gasteiger charge is 2.34. The van der Waals surface area contributed by atoms with Crippen LogP contribution in [0.1, 0.15) is 44.2 Å². The minimum atomic E-state index is 0.231. The maximum Gasteiger partial charge on any atom is 0.0407 e. The van der Waals surface area contributed by atoms with E-state index in [0.29, 0.717) is 5.92 Å². The van der Waals surface area contributed by atoms with Crippen molar-refractivity contribution in [2.45, 2.75) is 45.6 Å². The van der Waals surface area contributed by atoms with Crippen LogP contribution in [0, 0.1) is 6.92 Å². The lowest BCUT2D eigenvalue weighted by Gasteiger charge is -2.45. The second-order valence-corrected chi connectivity index (χ2v) is 5.74. The summed E-state index contributed by atoms with van der Waals surface area (Å²) in [5.41, 5.74) is 11.1. The van der Waals surface area contributed by atoms with Crippen LogP contribution in [0.15, 0.2) is 12.1 Å². The van der Waals surface area contributed by atoms with E-state index in [4.69, 9.17) is 5.73 Å². The van der Waals surface area contributed by atoms with Crippen LogP contribution in [-0.4, -0.2) is 12.6 Å². The molecule has 2 N–H and O–H groups in total. The smallest absolute Gasteiger partial charge is 0.0407 e. The van der Waals surface area contributed by atoms with Crippen LogP contribution in [0.2, 0.25) is 0 Å². The van der Waals surface area contributed by atoms with Crippen molar-refractivity contribution >= 4 is 11.4 Å². The van der Waals surface area contributed by atoms with E-state index in [-0.39, 0.29) is 5.54 Å². The predicted octanol–water partition coefficient (Wildman–Crippen LogP) is 3.30. The SMILES string of the molecule is Cc1cc2c(cc1N)C(C)CC(C)(C)N2C. The fraction of sp³-hybridized carbons (Fsp3) is 0.571. The third kappa shape index (κ3) is 1.57. The molecule has 2 nitrogen and oxygen atoms in total. The van der Waals surface area contributed by atoms with Gasteiger partial charge in [-0.05, 0) is 56.4 Å². The molecule has 1 aliphatic rings. The van der Waals surface area contributed by atoms with Gasteiger partial charge < -0.3 is 10.6 Å². The molecule has 0 radical (unpaired) electrons. The fourth-order valence-corrected chi connectivity index (χ4v) is 2.73. The minimum absolute atomic E-state index is 0.231. The summed E-state index contributed by atoms with van der Waals surface area (Å²) in [5.74, 6) is 0.587. The molecule has 0 saturated carbocycles. The van der Waals surface area contributed by atoms with E-state index in [2.05, 4.69) is 51.8 Å². The van der Waals surface area contributed by atoms with Gasteiger partial charge in [-0.3, -0.25) is 0 Å². The monoisotopic (exact) mass is 218 g/mol. The van der Waals surface area contributed by atoms with Crippen molar-refractivity contribution in [3.05, 3.63) is 23.3 Å². The summed E-state index contributed by atoms with van der Waals surface area (Å²) in [6.45, 7) is 8.98. The minimum Gasteiger partial charge on any atom is -0.399 e. The van der Waals surface area contributed by atoms with Gasteiger partial charge in [0.15, 0.2) is 0 Å². The van der Waals surface area contributed by atoms with Crippen LogP contribution < -0.4 is 10.6 Å². The van der Waals surface area contributed by atoms with Crippen LogP contribution in [0.4, 0.5) is 11.4 Å². The molecule has 1 aliphatic heterocycles. The number of nitrogens with two attached hydrogens (primary N) is 1. The van der Waals surface area contributed by atoms with Gasteiger partial charge in [0.1, 0.15) is 0 Å². The summed E-state index contributed by atoms with van der Waals surface area (Å²) in [5, 5.41) is 0. The van der Waals surface area contributed by atoms with Crippen molar-refractivity contribution in [1.82, 2.24) is 0 Å². The average molecular weight is 218 g/mol. The quantitative estimate of drug-likeness (QED) is 0.677. The number of hydrogen-bond acceptors (Lipinski definition) is 2. The van der Waals surface area contributed by atoms with Crippen molar-refractivity contribution < 1.29 is 0 Å². The maximum absolute atomic E-state index is 6.00. The highest BCUT2D eigenvalue weighted by molar-refractivity contribution is 5.66. The van der Waals surface area contributed by atoms with Crippen LogP contribution in [0.25, 0.3) is 0 Å². The lowest BCUT2D eigenvalue weighted by atomic mass is 9.80. The van der Waals surface area contributed by atoms with Gasteiger partial charge in [0.05, 0.1) is 0 Å². The van der Waals surface area contributed by atoms with Crippen molar-refractivity contribution in [3.63, 3.8) is 0 Å². The van der Waals surface area contributed by atoms with E-state index in [9.17, 15) is 0 Å². The zero-order valence-corrected chi connectivity index (χ0v) is 11.0. The fourth-order valence-electron chi connectivity index (χ4n) is 2.73. The van der Waals surface area contributed by atoms with Crippen LogP contribution >= 0.6 is 0 Å². The highest BCUT2D eigenvalue weighted by atomic mass is 15.2. The molecule has 2 rings (SSSR count). The van der Waals surface area contributed by atoms with Crippen molar-refractivity contribution in [3.8, 4) is 0 Å². The van der Waals surface area contributed by atoms with Crippen molar-refractivity contribution in [2.75, 3.05) is 17.7 Å². The van der Waals surface area contributed by atoms with Gasteiger partial charge in [0.2, 0.25) is 0 Å².